The van der Waals surface area contributed by atoms with Crippen molar-refractivity contribution in [1.82, 2.24) is 9.78 Å². The van der Waals surface area contributed by atoms with Gasteiger partial charge in [0.15, 0.2) is 0 Å². The van der Waals surface area contributed by atoms with Crippen molar-refractivity contribution >= 4 is 24.2 Å². The third kappa shape index (κ3) is 2.68. The number of anilines is 1. The first-order valence-corrected chi connectivity index (χ1v) is 5.60. The molecule has 1 N–H and O–H groups in total. The topological polar surface area (TPSA) is 46.9 Å². The molecule has 17 heavy (non-hydrogen) atoms. The van der Waals surface area contributed by atoms with Crippen LogP contribution in [0.15, 0.2) is 35.5 Å². The maximum absolute atomic E-state index is 12.0. The Morgan fingerprint density at radius 3 is 2.88 bits per heavy atom. The molecule has 0 aliphatic rings. The second-order valence-corrected chi connectivity index (χ2v) is 4.37. The number of nitrogens with one attached hydrogen (secondary N) is 1. The van der Waals surface area contributed by atoms with E-state index in [1.54, 1.807) is 30.2 Å². The number of carbonyl (C=O) groups excluding carboxylic acids is 1. The number of benzene rings is 1. The van der Waals surface area contributed by atoms with E-state index in [2.05, 4.69) is 23.0 Å². The molecule has 0 bridgehead atoms. The van der Waals surface area contributed by atoms with Crippen LogP contribution < -0.4 is 5.32 Å². The summed E-state index contributed by atoms with van der Waals surface area (Å²) in [4.78, 5) is 12.8. The number of thiol groups is 1. The first-order chi connectivity index (χ1) is 8.06. The molecule has 88 valence electrons. The van der Waals surface area contributed by atoms with Gasteiger partial charge in [0.25, 0.3) is 5.91 Å². The molecule has 0 aliphatic heterocycles. The van der Waals surface area contributed by atoms with E-state index in [0.717, 1.165) is 10.5 Å². The number of hydrogen-bond acceptors (Lipinski definition) is 3. The maximum Gasteiger partial charge on any atom is 0.256 e. The molecule has 0 fully saturated rings. The van der Waals surface area contributed by atoms with Gasteiger partial charge in [0, 0.05) is 23.7 Å². The van der Waals surface area contributed by atoms with Gasteiger partial charge < -0.3 is 5.32 Å². The quantitative estimate of drug-likeness (QED) is 0.800. The van der Waals surface area contributed by atoms with Crippen LogP contribution in [0.5, 0.6) is 0 Å². The minimum Gasteiger partial charge on any atom is -0.319 e. The smallest absolute Gasteiger partial charge is 0.256 e. The standard InChI is InChI=1S/C12H13N3OS/c1-8-3-4-10(17)5-11(8)12(16)14-9-6-13-15(2)7-9/h3-7,17H,1-2H3,(H,14,16). The Morgan fingerprint density at radius 1 is 1.47 bits per heavy atom. The van der Waals surface area contributed by atoms with Gasteiger partial charge in [-0.1, -0.05) is 6.07 Å². The van der Waals surface area contributed by atoms with E-state index < -0.39 is 0 Å². The second-order valence-electron chi connectivity index (χ2n) is 3.86. The lowest BCUT2D eigenvalue weighted by atomic mass is 10.1. The minimum atomic E-state index is -0.147. The highest BCUT2D eigenvalue weighted by Gasteiger charge is 2.10. The average molecular weight is 247 g/mol. The number of aryl methyl sites for hydroxylation is 2. The van der Waals surface area contributed by atoms with Crippen molar-refractivity contribution in [2.75, 3.05) is 5.32 Å². The Balaban J connectivity index is 2.22. The van der Waals surface area contributed by atoms with E-state index >= 15 is 0 Å². The van der Waals surface area contributed by atoms with Crippen LogP contribution in [0.1, 0.15) is 15.9 Å². The van der Waals surface area contributed by atoms with Crippen molar-refractivity contribution in [2.24, 2.45) is 7.05 Å². The summed E-state index contributed by atoms with van der Waals surface area (Å²) < 4.78 is 1.64. The second kappa shape index (κ2) is 4.63. The predicted octanol–water partition coefficient (Wildman–Crippen LogP) is 2.27. The van der Waals surface area contributed by atoms with Gasteiger partial charge in [0.1, 0.15) is 0 Å². The summed E-state index contributed by atoms with van der Waals surface area (Å²) in [6.45, 7) is 1.89. The van der Waals surface area contributed by atoms with Gasteiger partial charge in [0.05, 0.1) is 11.9 Å². The van der Waals surface area contributed by atoms with E-state index in [1.807, 2.05) is 19.1 Å². The molecule has 0 spiro atoms. The largest absolute Gasteiger partial charge is 0.319 e. The van der Waals surface area contributed by atoms with Crippen LogP contribution in [-0.4, -0.2) is 15.7 Å². The van der Waals surface area contributed by atoms with Crippen LogP contribution in [0.4, 0.5) is 5.69 Å². The molecule has 1 aromatic carbocycles. The van der Waals surface area contributed by atoms with Gasteiger partial charge in [-0.05, 0) is 24.6 Å². The lowest BCUT2D eigenvalue weighted by Gasteiger charge is -2.06. The Kier molecular flexibility index (Phi) is 3.19. The van der Waals surface area contributed by atoms with Gasteiger partial charge >= 0.3 is 0 Å². The molecular formula is C12H13N3OS. The first kappa shape index (κ1) is 11.7. The molecule has 0 aliphatic carbocycles. The van der Waals surface area contributed by atoms with Crippen molar-refractivity contribution < 1.29 is 4.79 Å². The highest BCUT2D eigenvalue weighted by atomic mass is 32.1. The SMILES string of the molecule is Cc1ccc(S)cc1C(=O)Nc1cnn(C)c1. The molecule has 2 aromatic rings. The highest BCUT2D eigenvalue weighted by molar-refractivity contribution is 7.80. The van der Waals surface area contributed by atoms with Crippen LogP contribution in [0.2, 0.25) is 0 Å². The zero-order valence-corrected chi connectivity index (χ0v) is 10.5. The Morgan fingerprint density at radius 2 is 2.24 bits per heavy atom. The third-order valence-corrected chi connectivity index (χ3v) is 2.71. The van der Waals surface area contributed by atoms with E-state index in [1.165, 1.54) is 0 Å². The number of hydrogen-bond donors (Lipinski definition) is 2. The minimum absolute atomic E-state index is 0.147. The summed E-state index contributed by atoms with van der Waals surface area (Å²) in [5, 5.41) is 6.78. The summed E-state index contributed by atoms with van der Waals surface area (Å²) in [7, 11) is 1.80. The normalized spacial score (nSPS) is 10.3. The predicted molar refractivity (Wildman–Crippen MR) is 69.6 cm³/mol. The molecule has 0 unspecified atom stereocenters. The van der Waals surface area contributed by atoms with Gasteiger partial charge in [0.2, 0.25) is 0 Å². The molecule has 1 amide bonds. The van der Waals surface area contributed by atoms with Crippen molar-refractivity contribution in [3.8, 4) is 0 Å². The van der Waals surface area contributed by atoms with Crippen LogP contribution >= 0.6 is 12.6 Å². The molecule has 0 atom stereocenters. The number of carbonyl (C=O) groups is 1. The lowest BCUT2D eigenvalue weighted by molar-refractivity contribution is 0.102. The van der Waals surface area contributed by atoms with E-state index in [9.17, 15) is 4.79 Å². The summed E-state index contributed by atoms with van der Waals surface area (Å²) in [5.41, 5.74) is 2.23. The number of amides is 1. The molecular weight excluding hydrogens is 234 g/mol. The van der Waals surface area contributed by atoms with Gasteiger partial charge in [-0.3, -0.25) is 9.48 Å². The van der Waals surface area contributed by atoms with Crippen LogP contribution in [-0.2, 0) is 7.05 Å². The summed E-state index contributed by atoms with van der Waals surface area (Å²) in [6.07, 6.45) is 3.36. The Bertz CT molecular complexity index is 563. The fraction of sp³-hybridized carbons (Fsp3) is 0.167. The Labute approximate surface area is 105 Å². The average Bonchev–Trinajstić information content (AvgIpc) is 2.67. The lowest BCUT2D eigenvalue weighted by Crippen LogP contribution is -2.13. The monoisotopic (exact) mass is 247 g/mol. The molecule has 2 rings (SSSR count). The van der Waals surface area contributed by atoms with Gasteiger partial charge in [-0.15, -0.1) is 12.6 Å². The maximum atomic E-state index is 12.0. The van der Waals surface area contributed by atoms with E-state index in [-0.39, 0.29) is 5.91 Å². The van der Waals surface area contributed by atoms with Crippen molar-refractivity contribution in [2.45, 2.75) is 11.8 Å². The van der Waals surface area contributed by atoms with Crippen molar-refractivity contribution in [3.63, 3.8) is 0 Å². The first-order valence-electron chi connectivity index (χ1n) is 5.16. The van der Waals surface area contributed by atoms with Crippen LogP contribution in [0.3, 0.4) is 0 Å². The van der Waals surface area contributed by atoms with Crippen molar-refractivity contribution in [3.05, 3.63) is 41.7 Å². The zero-order chi connectivity index (χ0) is 12.4. The summed E-state index contributed by atoms with van der Waals surface area (Å²) >= 11 is 4.23. The van der Waals surface area contributed by atoms with Crippen LogP contribution in [0.25, 0.3) is 0 Å². The molecule has 1 heterocycles. The molecule has 0 radical (unpaired) electrons. The molecule has 1 aromatic heterocycles. The number of rotatable bonds is 2. The van der Waals surface area contributed by atoms with Crippen molar-refractivity contribution in [1.29, 1.82) is 0 Å². The van der Waals surface area contributed by atoms with E-state index in [4.69, 9.17) is 0 Å². The van der Waals surface area contributed by atoms with Gasteiger partial charge in [-0.2, -0.15) is 5.10 Å². The fourth-order valence-electron chi connectivity index (χ4n) is 1.54. The fourth-order valence-corrected chi connectivity index (χ4v) is 1.74. The Hall–Kier alpha value is -1.75. The number of aromatic nitrogens is 2. The van der Waals surface area contributed by atoms with Crippen LogP contribution in [0, 0.1) is 6.92 Å². The molecule has 5 heteroatoms. The zero-order valence-electron chi connectivity index (χ0n) is 9.64. The van der Waals surface area contributed by atoms with E-state index in [0.29, 0.717) is 11.3 Å². The van der Waals surface area contributed by atoms with Gasteiger partial charge in [-0.25, -0.2) is 0 Å². The summed E-state index contributed by atoms with van der Waals surface area (Å²) in [5.74, 6) is -0.147. The summed E-state index contributed by atoms with van der Waals surface area (Å²) in [6, 6.07) is 5.49. The highest BCUT2D eigenvalue weighted by Crippen LogP contribution is 2.16. The number of nitrogens with zero attached hydrogens (tertiary/aromatic N) is 2. The molecule has 4 nitrogen and oxygen atoms in total. The molecule has 0 saturated carbocycles. The molecule has 0 saturated heterocycles. The third-order valence-electron chi connectivity index (χ3n) is 2.43.